The Bertz CT molecular complexity index is 613. The van der Waals surface area contributed by atoms with Crippen molar-refractivity contribution in [2.75, 3.05) is 0 Å². The first kappa shape index (κ1) is 11.0. The molecule has 0 heteroatoms. The maximum atomic E-state index is 2.22. The highest BCUT2D eigenvalue weighted by Gasteiger charge is 2.08. The van der Waals surface area contributed by atoms with Crippen molar-refractivity contribution in [3.05, 3.63) is 77.4 Å². The molecule has 0 unspecified atom stereocenters. The summed E-state index contributed by atoms with van der Waals surface area (Å²) in [6, 6.07) is 15.3. The van der Waals surface area contributed by atoms with Gasteiger partial charge in [0.15, 0.2) is 0 Å². The molecule has 0 amide bonds. The topological polar surface area (TPSA) is 0 Å². The van der Waals surface area contributed by atoms with Crippen molar-refractivity contribution in [1.82, 2.24) is 0 Å². The van der Waals surface area contributed by atoms with Crippen molar-refractivity contribution in [2.24, 2.45) is 0 Å². The minimum absolute atomic E-state index is 1.01. The average Bonchev–Trinajstić information content (AvgIpc) is 2.64. The van der Waals surface area contributed by atoms with E-state index in [0.717, 1.165) is 6.42 Å². The Morgan fingerprint density at radius 2 is 1.72 bits per heavy atom. The van der Waals surface area contributed by atoms with E-state index in [2.05, 4.69) is 73.7 Å². The van der Waals surface area contributed by atoms with Gasteiger partial charge < -0.3 is 0 Å². The first-order valence-corrected chi connectivity index (χ1v) is 6.37. The molecule has 1 aliphatic rings. The summed E-state index contributed by atoms with van der Waals surface area (Å²) < 4.78 is 0. The molecule has 3 rings (SSSR count). The maximum Gasteiger partial charge on any atom is -0.00822 e. The third-order valence-electron chi connectivity index (χ3n) is 3.42. The second kappa shape index (κ2) is 4.66. The third kappa shape index (κ3) is 2.02. The van der Waals surface area contributed by atoms with Gasteiger partial charge in [0.05, 0.1) is 0 Å². The molecule has 0 heterocycles. The molecule has 88 valence electrons. The summed E-state index contributed by atoms with van der Waals surface area (Å²) in [5.41, 5.74) is 6.72. The summed E-state index contributed by atoms with van der Waals surface area (Å²) in [6.45, 7) is 2.13. The van der Waals surface area contributed by atoms with E-state index in [0.29, 0.717) is 0 Å². The quantitative estimate of drug-likeness (QED) is 0.663. The number of rotatable bonds is 1. The fourth-order valence-electron chi connectivity index (χ4n) is 2.42. The number of fused-ring (bicyclic) bond motifs is 1. The van der Waals surface area contributed by atoms with Gasteiger partial charge in [0, 0.05) is 0 Å². The summed E-state index contributed by atoms with van der Waals surface area (Å²) in [5, 5.41) is 0. The lowest BCUT2D eigenvalue weighted by atomic mass is 9.93. The zero-order valence-electron chi connectivity index (χ0n) is 10.6. The highest BCUT2D eigenvalue weighted by molar-refractivity contribution is 5.74. The van der Waals surface area contributed by atoms with E-state index < -0.39 is 0 Å². The lowest BCUT2D eigenvalue weighted by Gasteiger charge is -2.11. The van der Waals surface area contributed by atoms with Gasteiger partial charge in [-0.15, -0.1) is 0 Å². The minimum Gasteiger partial charge on any atom is -0.0801 e. The van der Waals surface area contributed by atoms with E-state index in [1.54, 1.807) is 0 Å². The van der Waals surface area contributed by atoms with Crippen molar-refractivity contribution in [3.8, 4) is 11.1 Å². The van der Waals surface area contributed by atoms with Crippen LogP contribution in [0, 0.1) is 6.92 Å². The van der Waals surface area contributed by atoms with Crippen LogP contribution in [0.2, 0.25) is 0 Å². The predicted molar refractivity (Wildman–Crippen MR) is 78.5 cm³/mol. The fourth-order valence-corrected chi connectivity index (χ4v) is 2.42. The van der Waals surface area contributed by atoms with Crippen LogP contribution in [0.15, 0.2) is 60.7 Å². The highest BCUT2D eigenvalue weighted by Crippen LogP contribution is 2.29. The second-order valence-electron chi connectivity index (χ2n) is 4.73. The highest BCUT2D eigenvalue weighted by atomic mass is 14.1. The molecule has 2 aromatic rings. The molecule has 0 fully saturated rings. The van der Waals surface area contributed by atoms with Crippen molar-refractivity contribution in [2.45, 2.75) is 13.3 Å². The molecule has 0 atom stereocenters. The van der Waals surface area contributed by atoms with E-state index in [4.69, 9.17) is 0 Å². The fraction of sp³-hybridized carbons (Fsp3) is 0.111. The Morgan fingerprint density at radius 1 is 0.889 bits per heavy atom. The van der Waals surface area contributed by atoms with Crippen LogP contribution in [0.25, 0.3) is 17.2 Å². The second-order valence-corrected chi connectivity index (χ2v) is 4.73. The summed E-state index contributed by atoms with van der Waals surface area (Å²) >= 11 is 0. The van der Waals surface area contributed by atoms with Gasteiger partial charge in [-0.2, -0.15) is 0 Å². The summed E-state index contributed by atoms with van der Waals surface area (Å²) in [5.74, 6) is 0. The molecule has 0 aromatic heterocycles. The number of aryl methyl sites for hydroxylation is 1. The van der Waals surface area contributed by atoms with Crippen molar-refractivity contribution in [1.29, 1.82) is 0 Å². The van der Waals surface area contributed by atoms with Gasteiger partial charge in [-0.05, 0) is 35.6 Å². The van der Waals surface area contributed by atoms with E-state index in [-0.39, 0.29) is 0 Å². The van der Waals surface area contributed by atoms with Gasteiger partial charge in [0.25, 0.3) is 0 Å². The van der Waals surface area contributed by atoms with Crippen LogP contribution in [0.1, 0.15) is 16.7 Å². The van der Waals surface area contributed by atoms with Crippen molar-refractivity contribution >= 4 is 6.08 Å². The van der Waals surface area contributed by atoms with Gasteiger partial charge in [-0.3, -0.25) is 0 Å². The molecule has 0 bridgehead atoms. The lowest BCUT2D eigenvalue weighted by Crippen LogP contribution is -1.91. The van der Waals surface area contributed by atoms with Gasteiger partial charge in [0.1, 0.15) is 0 Å². The SMILES string of the molecule is Cc1ccc(-c2cccc3c2CC=CC=C3)cc1. The van der Waals surface area contributed by atoms with Gasteiger partial charge >= 0.3 is 0 Å². The lowest BCUT2D eigenvalue weighted by molar-refractivity contribution is 1.26. The van der Waals surface area contributed by atoms with Crippen LogP contribution in [-0.2, 0) is 6.42 Å². The molecule has 0 spiro atoms. The monoisotopic (exact) mass is 232 g/mol. The average molecular weight is 232 g/mol. The van der Waals surface area contributed by atoms with Crippen LogP contribution >= 0.6 is 0 Å². The maximum absolute atomic E-state index is 2.22. The molecular weight excluding hydrogens is 216 g/mol. The molecule has 0 saturated heterocycles. The minimum atomic E-state index is 1.01. The Morgan fingerprint density at radius 3 is 2.56 bits per heavy atom. The third-order valence-corrected chi connectivity index (χ3v) is 3.42. The van der Waals surface area contributed by atoms with E-state index in [1.165, 1.54) is 27.8 Å². The molecule has 18 heavy (non-hydrogen) atoms. The van der Waals surface area contributed by atoms with Crippen LogP contribution < -0.4 is 0 Å². The first-order valence-electron chi connectivity index (χ1n) is 6.37. The zero-order valence-corrected chi connectivity index (χ0v) is 10.6. The van der Waals surface area contributed by atoms with Crippen LogP contribution in [-0.4, -0.2) is 0 Å². The van der Waals surface area contributed by atoms with E-state index >= 15 is 0 Å². The van der Waals surface area contributed by atoms with E-state index in [9.17, 15) is 0 Å². The van der Waals surface area contributed by atoms with Crippen molar-refractivity contribution in [3.63, 3.8) is 0 Å². The Hall–Kier alpha value is -2.08. The molecule has 0 N–H and O–H groups in total. The van der Waals surface area contributed by atoms with Gasteiger partial charge in [-0.25, -0.2) is 0 Å². The van der Waals surface area contributed by atoms with Gasteiger partial charge in [-0.1, -0.05) is 72.3 Å². The van der Waals surface area contributed by atoms with Gasteiger partial charge in [0.2, 0.25) is 0 Å². The first-order chi connectivity index (χ1) is 8.84. The number of allylic oxidation sites excluding steroid dienone is 3. The van der Waals surface area contributed by atoms with E-state index in [1.807, 2.05) is 0 Å². The zero-order chi connectivity index (χ0) is 12.4. The Balaban J connectivity index is 2.16. The van der Waals surface area contributed by atoms with Crippen LogP contribution in [0.3, 0.4) is 0 Å². The Kier molecular flexibility index (Phi) is 2.85. The van der Waals surface area contributed by atoms with Crippen LogP contribution in [0.5, 0.6) is 0 Å². The molecule has 1 aliphatic carbocycles. The molecule has 2 aromatic carbocycles. The number of hydrogen-bond acceptors (Lipinski definition) is 0. The van der Waals surface area contributed by atoms with Crippen molar-refractivity contribution < 1.29 is 0 Å². The summed E-state index contributed by atoms with van der Waals surface area (Å²) in [7, 11) is 0. The number of benzene rings is 2. The summed E-state index contributed by atoms with van der Waals surface area (Å²) in [4.78, 5) is 0. The Labute approximate surface area is 108 Å². The molecular formula is C18H16. The smallest absolute Gasteiger partial charge is 0.00822 e. The predicted octanol–water partition coefficient (Wildman–Crippen LogP) is 4.79. The standard InChI is InChI=1S/C18H16/c1-14-10-12-16(13-11-14)18-9-5-7-15-6-3-2-4-8-17(15)18/h2-7,9-13H,8H2,1H3. The molecule has 0 saturated carbocycles. The normalized spacial score (nSPS) is 13.2. The summed E-state index contributed by atoms with van der Waals surface area (Å²) in [6.07, 6.45) is 9.66. The molecule has 0 aliphatic heterocycles. The van der Waals surface area contributed by atoms with Crippen LogP contribution in [0.4, 0.5) is 0 Å². The number of hydrogen-bond donors (Lipinski definition) is 0. The molecule has 0 nitrogen and oxygen atoms in total. The largest absolute Gasteiger partial charge is 0.0801 e. The molecule has 0 radical (unpaired) electrons.